The number of likely N-dealkylation sites (N-methyl/N-ethyl adjacent to an activating group) is 1. The Morgan fingerprint density at radius 3 is 2.44 bits per heavy atom. The van der Waals surface area contributed by atoms with E-state index in [1.165, 1.54) is 29.2 Å². The number of hydrogen-bond donors (Lipinski definition) is 2. The molecule has 0 fully saturated rings. The van der Waals surface area contributed by atoms with E-state index in [1.807, 2.05) is 0 Å². The summed E-state index contributed by atoms with van der Waals surface area (Å²) in [5, 5.41) is 17.8. The van der Waals surface area contributed by atoms with Gasteiger partial charge < -0.3 is 10.2 Å². The highest BCUT2D eigenvalue weighted by atomic mass is 19.1. The van der Waals surface area contributed by atoms with Gasteiger partial charge in [0.05, 0.1) is 6.61 Å². The predicted octanol–water partition coefficient (Wildman–Crippen LogP) is 0.875. The number of rotatable bonds is 5. The van der Waals surface area contributed by atoms with Gasteiger partial charge in [-0.15, -0.1) is 0 Å². The molecule has 88 valence electrons. The second kappa shape index (κ2) is 5.58. The summed E-state index contributed by atoms with van der Waals surface area (Å²) in [7, 11) is 1.60. The highest BCUT2D eigenvalue weighted by molar-refractivity contribution is 5.75. The average Bonchev–Trinajstić information content (AvgIpc) is 2.21. The van der Waals surface area contributed by atoms with Gasteiger partial charge >= 0.3 is 5.97 Å². The van der Waals surface area contributed by atoms with E-state index in [0.29, 0.717) is 5.56 Å². The Hall–Kier alpha value is -1.46. The lowest BCUT2D eigenvalue weighted by Crippen LogP contribution is -2.32. The highest BCUT2D eigenvalue weighted by Gasteiger charge is 2.23. The standard InChI is InChI=1S/C11H14FNO3/c1-13(6-7-14)10(11(15)16)8-2-4-9(12)5-3-8/h2-5,10,14H,6-7H2,1H3,(H,15,16). The van der Waals surface area contributed by atoms with Crippen molar-refractivity contribution in [3.8, 4) is 0 Å². The quantitative estimate of drug-likeness (QED) is 0.783. The van der Waals surface area contributed by atoms with Gasteiger partial charge in [0, 0.05) is 6.54 Å². The van der Waals surface area contributed by atoms with Crippen LogP contribution in [0.15, 0.2) is 24.3 Å². The van der Waals surface area contributed by atoms with Crippen molar-refractivity contribution in [1.29, 1.82) is 0 Å². The van der Waals surface area contributed by atoms with Crippen LogP contribution in [-0.2, 0) is 4.79 Å². The van der Waals surface area contributed by atoms with E-state index in [2.05, 4.69) is 0 Å². The summed E-state index contributed by atoms with van der Waals surface area (Å²) in [5.41, 5.74) is 0.491. The molecule has 1 atom stereocenters. The Balaban J connectivity index is 2.93. The van der Waals surface area contributed by atoms with Gasteiger partial charge in [0.2, 0.25) is 0 Å². The van der Waals surface area contributed by atoms with E-state index in [1.54, 1.807) is 7.05 Å². The van der Waals surface area contributed by atoms with Crippen LogP contribution < -0.4 is 0 Å². The normalized spacial score (nSPS) is 12.8. The third-order valence-corrected chi connectivity index (χ3v) is 2.31. The van der Waals surface area contributed by atoms with E-state index < -0.39 is 17.8 Å². The van der Waals surface area contributed by atoms with Gasteiger partial charge in [-0.1, -0.05) is 12.1 Å². The minimum atomic E-state index is -1.03. The summed E-state index contributed by atoms with van der Waals surface area (Å²) < 4.78 is 12.7. The molecule has 4 nitrogen and oxygen atoms in total. The molecule has 1 rings (SSSR count). The van der Waals surface area contributed by atoms with Gasteiger partial charge in [-0.25, -0.2) is 4.39 Å². The molecule has 0 aromatic heterocycles. The van der Waals surface area contributed by atoms with Crippen LogP contribution in [0, 0.1) is 5.82 Å². The molecular weight excluding hydrogens is 213 g/mol. The van der Waals surface area contributed by atoms with Gasteiger partial charge in [0.25, 0.3) is 0 Å². The maximum atomic E-state index is 12.7. The Bertz CT molecular complexity index is 353. The Kier molecular flexibility index (Phi) is 4.39. The second-order valence-electron chi connectivity index (χ2n) is 3.50. The number of carboxylic acids is 1. The first-order chi connectivity index (χ1) is 7.56. The van der Waals surface area contributed by atoms with Crippen LogP contribution in [0.25, 0.3) is 0 Å². The van der Waals surface area contributed by atoms with Crippen LogP contribution in [0.2, 0.25) is 0 Å². The van der Waals surface area contributed by atoms with Crippen molar-refractivity contribution in [3.05, 3.63) is 35.6 Å². The van der Waals surface area contributed by atoms with Crippen LogP contribution in [0.1, 0.15) is 11.6 Å². The number of benzene rings is 1. The summed E-state index contributed by atoms with van der Waals surface area (Å²) in [6.45, 7) is 0.121. The van der Waals surface area contributed by atoms with Crippen LogP contribution in [0.4, 0.5) is 4.39 Å². The number of hydrogen-bond acceptors (Lipinski definition) is 3. The summed E-state index contributed by atoms with van der Waals surface area (Å²) in [6, 6.07) is 4.44. The first-order valence-electron chi connectivity index (χ1n) is 4.85. The molecule has 2 N–H and O–H groups in total. The molecule has 1 aromatic rings. The van der Waals surface area contributed by atoms with Crippen molar-refractivity contribution in [2.75, 3.05) is 20.2 Å². The third kappa shape index (κ3) is 3.01. The Labute approximate surface area is 92.9 Å². The van der Waals surface area contributed by atoms with Crippen LogP contribution >= 0.6 is 0 Å². The maximum absolute atomic E-state index is 12.7. The van der Waals surface area contributed by atoms with Gasteiger partial charge in [-0.05, 0) is 24.7 Å². The summed E-state index contributed by atoms with van der Waals surface area (Å²) >= 11 is 0. The fourth-order valence-corrected chi connectivity index (χ4v) is 1.52. The first-order valence-corrected chi connectivity index (χ1v) is 4.85. The van der Waals surface area contributed by atoms with E-state index in [0.717, 1.165) is 0 Å². The largest absolute Gasteiger partial charge is 0.480 e. The third-order valence-electron chi connectivity index (χ3n) is 2.31. The van der Waals surface area contributed by atoms with Crippen molar-refractivity contribution >= 4 is 5.97 Å². The van der Waals surface area contributed by atoms with E-state index in [-0.39, 0.29) is 13.2 Å². The Morgan fingerprint density at radius 2 is 2.00 bits per heavy atom. The fraction of sp³-hybridized carbons (Fsp3) is 0.364. The van der Waals surface area contributed by atoms with Crippen molar-refractivity contribution in [3.63, 3.8) is 0 Å². The summed E-state index contributed by atoms with van der Waals surface area (Å²) in [5.74, 6) is -1.43. The molecule has 0 radical (unpaired) electrons. The van der Waals surface area contributed by atoms with Crippen molar-refractivity contribution < 1.29 is 19.4 Å². The molecule has 16 heavy (non-hydrogen) atoms. The lowest BCUT2D eigenvalue weighted by Gasteiger charge is -2.23. The van der Waals surface area contributed by atoms with E-state index in [4.69, 9.17) is 10.2 Å². The number of halogens is 1. The number of carbonyl (C=O) groups is 1. The van der Waals surface area contributed by atoms with Gasteiger partial charge in [0.15, 0.2) is 0 Å². The average molecular weight is 227 g/mol. The molecule has 0 saturated carbocycles. The molecule has 0 saturated heterocycles. The molecule has 0 aliphatic heterocycles. The van der Waals surface area contributed by atoms with E-state index >= 15 is 0 Å². The molecule has 0 amide bonds. The number of nitrogens with zero attached hydrogens (tertiary/aromatic N) is 1. The minimum Gasteiger partial charge on any atom is -0.480 e. The maximum Gasteiger partial charge on any atom is 0.325 e. The minimum absolute atomic E-state index is 0.124. The number of carboxylic acid groups (broad SMARTS) is 1. The van der Waals surface area contributed by atoms with Crippen molar-refractivity contribution in [1.82, 2.24) is 4.90 Å². The number of aliphatic hydroxyl groups is 1. The molecule has 1 unspecified atom stereocenters. The molecule has 0 heterocycles. The predicted molar refractivity (Wildman–Crippen MR) is 56.5 cm³/mol. The van der Waals surface area contributed by atoms with Gasteiger partial charge in [-0.2, -0.15) is 0 Å². The lowest BCUT2D eigenvalue weighted by molar-refractivity contribution is -0.143. The molecular formula is C11H14FNO3. The van der Waals surface area contributed by atoms with Crippen LogP contribution in [0.5, 0.6) is 0 Å². The molecule has 5 heteroatoms. The van der Waals surface area contributed by atoms with Crippen molar-refractivity contribution in [2.24, 2.45) is 0 Å². The van der Waals surface area contributed by atoms with Crippen LogP contribution in [-0.4, -0.2) is 41.3 Å². The number of aliphatic hydroxyl groups excluding tert-OH is 1. The van der Waals surface area contributed by atoms with Gasteiger partial charge in [-0.3, -0.25) is 9.69 Å². The zero-order chi connectivity index (χ0) is 12.1. The topological polar surface area (TPSA) is 60.8 Å². The molecule has 0 aliphatic rings. The van der Waals surface area contributed by atoms with Gasteiger partial charge in [0.1, 0.15) is 11.9 Å². The fourth-order valence-electron chi connectivity index (χ4n) is 1.52. The van der Waals surface area contributed by atoms with Crippen LogP contribution in [0.3, 0.4) is 0 Å². The molecule has 0 spiro atoms. The monoisotopic (exact) mass is 227 g/mol. The second-order valence-corrected chi connectivity index (χ2v) is 3.50. The lowest BCUT2D eigenvalue weighted by atomic mass is 10.1. The molecule has 0 aliphatic carbocycles. The first kappa shape index (κ1) is 12.6. The summed E-state index contributed by atoms with van der Waals surface area (Å²) in [4.78, 5) is 12.6. The van der Waals surface area contributed by atoms with E-state index in [9.17, 15) is 9.18 Å². The zero-order valence-corrected chi connectivity index (χ0v) is 8.93. The highest BCUT2D eigenvalue weighted by Crippen LogP contribution is 2.19. The van der Waals surface area contributed by atoms with Crippen molar-refractivity contribution in [2.45, 2.75) is 6.04 Å². The molecule has 0 bridgehead atoms. The zero-order valence-electron chi connectivity index (χ0n) is 8.93. The molecule has 1 aromatic carbocycles. The summed E-state index contributed by atoms with van der Waals surface area (Å²) in [6.07, 6.45) is 0. The smallest absolute Gasteiger partial charge is 0.325 e. The Morgan fingerprint density at radius 1 is 1.44 bits per heavy atom. The SMILES string of the molecule is CN(CCO)C(C(=O)O)c1ccc(F)cc1. The number of aliphatic carboxylic acids is 1.